The van der Waals surface area contributed by atoms with Crippen molar-refractivity contribution in [2.24, 2.45) is 0 Å². The number of hydrogen-bond acceptors (Lipinski definition) is 9. The highest BCUT2D eigenvalue weighted by atomic mass is 16.7. The molecule has 1 saturated heterocycles. The van der Waals surface area contributed by atoms with E-state index in [0.717, 1.165) is 6.42 Å². The van der Waals surface area contributed by atoms with Crippen molar-refractivity contribution in [2.45, 2.75) is 26.0 Å². The van der Waals surface area contributed by atoms with Crippen LogP contribution in [0.2, 0.25) is 0 Å². The van der Waals surface area contributed by atoms with Gasteiger partial charge in [-0.3, -0.25) is 0 Å². The van der Waals surface area contributed by atoms with Crippen molar-refractivity contribution in [3.05, 3.63) is 48.8 Å². The molecule has 0 spiro atoms. The number of rotatable bonds is 8. The number of benzene rings is 1. The van der Waals surface area contributed by atoms with E-state index in [-0.39, 0.29) is 0 Å². The summed E-state index contributed by atoms with van der Waals surface area (Å²) in [6.45, 7) is 8.42. The molecule has 1 N–H and O–H groups in total. The summed E-state index contributed by atoms with van der Waals surface area (Å²) in [6, 6.07) is 8.68. The molecule has 29 heavy (non-hydrogen) atoms. The molecule has 154 valence electrons. The molecule has 1 aromatic carbocycles. The largest absolute Gasteiger partial charge is 0.516 e. The number of carbonyl (C=O) groups is 1. The molecule has 1 unspecified atom stereocenters. The van der Waals surface area contributed by atoms with Crippen LogP contribution in [0.3, 0.4) is 0 Å². The zero-order chi connectivity index (χ0) is 20.5. The third kappa shape index (κ3) is 6.15. The maximum absolute atomic E-state index is 12.0. The molecular weight excluding hydrogens is 374 g/mol. The lowest BCUT2D eigenvalue weighted by atomic mass is 10.3. The average molecular weight is 399 g/mol. The van der Waals surface area contributed by atoms with Crippen LogP contribution >= 0.6 is 0 Å². The molecular formula is C20H25N5O4. The minimum atomic E-state index is -0.861. The second-order valence-electron chi connectivity index (χ2n) is 6.31. The van der Waals surface area contributed by atoms with E-state index in [4.69, 9.17) is 14.2 Å². The van der Waals surface area contributed by atoms with Crippen LogP contribution in [0.4, 0.5) is 16.7 Å². The van der Waals surface area contributed by atoms with Gasteiger partial charge < -0.3 is 24.4 Å². The van der Waals surface area contributed by atoms with Crippen molar-refractivity contribution in [1.29, 1.82) is 0 Å². The molecule has 3 rings (SSSR count). The van der Waals surface area contributed by atoms with Crippen LogP contribution in [0.25, 0.3) is 0 Å². The third-order valence-electron chi connectivity index (χ3n) is 4.09. The quantitative estimate of drug-likeness (QED) is 0.311. The first kappa shape index (κ1) is 20.5. The number of carbonyl (C=O) groups excluding carboxylic acids is 1. The molecule has 1 aromatic heterocycles. The molecule has 0 radical (unpaired) electrons. The van der Waals surface area contributed by atoms with Gasteiger partial charge in [0.25, 0.3) is 0 Å². The van der Waals surface area contributed by atoms with Gasteiger partial charge in [0.2, 0.25) is 11.9 Å². The molecule has 0 amide bonds. The van der Waals surface area contributed by atoms with Gasteiger partial charge in [0.05, 0.1) is 13.2 Å². The van der Waals surface area contributed by atoms with E-state index in [1.165, 1.54) is 6.08 Å². The van der Waals surface area contributed by atoms with E-state index in [1.807, 2.05) is 11.0 Å². The maximum atomic E-state index is 12.0. The van der Waals surface area contributed by atoms with Gasteiger partial charge in [-0.2, -0.15) is 15.0 Å². The van der Waals surface area contributed by atoms with E-state index < -0.39 is 12.4 Å². The van der Waals surface area contributed by atoms with Crippen LogP contribution in [0.1, 0.15) is 19.2 Å². The van der Waals surface area contributed by atoms with Crippen LogP contribution in [0.15, 0.2) is 43.0 Å². The second-order valence-corrected chi connectivity index (χ2v) is 6.31. The Morgan fingerprint density at radius 3 is 2.72 bits per heavy atom. The van der Waals surface area contributed by atoms with Gasteiger partial charge in [0.15, 0.2) is 6.23 Å². The van der Waals surface area contributed by atoms with Crippen molar-refractivity contribution >= 4 is 18.1 Å². The standard InChI is InChI=1S/C20H25N5O4/c1-3-8-16-21-18(24-19(22-16)25-11-13-27-14-12-25)23-17(4-2)29-20(26)28-15-9-6-5-7-10-15/h4-7,9-10,17H,2-3,8,11-14H2,1H3,(H,21,22,23,24). The molecule has 1 aliphatic heterocycles. The minimum absolute atomic E-state index is 0.308. The Morgan fingerprint density at radius 1 is 1.28 bits per heavy atom. The smallest absolute Gasteiger partial charge is 0.406 e. The highest BCUT2D eigenvalue weighted by molar-refractivity contribution is 5.64. The third-order valence-corrected chi connectivity index (χ3v) is 4.09. The van der Waals surface area contributed by atoms with Crippen LogP contribution in [-0.2, 0) is 15.9 Å². The minimum Gasteiger partial charge on any atom is -0.406 e. The van der Waals surface area contributed by atoms with E-state index in [0.29, 0.717) is 56.2 Å². The molecule has 1 atom stereocenters. The summed E-state index contributed by atoms with van der Waals surface area (Å²) in [4.78, 5) is 27.5. The van der Waals surface area contributed by atoms with Crippen LogP contribution < -0.4 is 15.0 Å². The summed E-state index contributed by atoms with van der Waals surface area (Å²) in [5.74, 6) is 1.94. The molecule has 2 heterocycles. The fourth-order valence-corrected chi connectivity index (χ4v) is 2.69. The van der Waals surface area contributed by atoms with E-state index in [9.17, 15) is 4.79 Å². The zero-order valence-corrected chi connectivity index (χ0v) is 16.4. The van der Waals surface area contributed by atoms with Gasteiger partial charge in [-0.25, -0.2) is 4.79 Å². The lowest BCUT2D eigenvalue weighted by Gasteiger charge is -2.27. The molecule has 1 aliphatic rings. The number of ether oxygens (including phenoxy) is 3. The van der Waals surface area contributed by atoms with Gasteiger partial charge in [0, 0.05) is 19.5 Å². The Hall–Kier alpha value is -3.20. The summed E-state index contributed by atoms with van der Waals surface area (Å²) >= 11 is 0. The number of aryl methyl sites for hydroxylation is 1. The Kier molecular flexibility index (Phi) is 7.34. The number of nitrogens with zero attached hydrogens (tertiary/aromatic N) is 4. The Balaban J connectivity index is 1.69. The van der Waals surface area contributed by atoms with Gasteiger partial charge in [-0.15, -0.1) is 0 Å². The van der Waals surface area contributed by atoms with Gasteiger partial charge in [-0.1, -0.05) is 31.7 Å². The number of anilines is 2. The number of aromatic nitrogens is 3. The normalized spacial score (nSPS) is 14.7. The van der Waals surface area contributed by atoms with Crippen molar-refractivity contribution in [2.75, 3.05) is 36.5 Å². The molecule has 0 aliphatic carbocycles. The van der Waals surface area contributed by atoms with Gasteiger partial charge in [-0.05, 0) is 24.6 Å². The number of hydrogen-bond donors (Lipinski definition) is 1. The Labute approximate surface area is 169 Å². The summed E-state index contributed by atoms with van der Waals surface area (Å²) in [5, 5.41) is 2.96. The summed E-state index contributed by atoms with van der Waals surface area (Å²) in [6.07, 6.45) is 1.33. The highest BCUT2D eigenvalue weighted by Gasteiger charge is 2.19. The Bertz CT molecular complexity index is 812. The van der Waals surface area contributed by atoms with Crippen molar-refractivity contribution in [3.8, 4) is 5.75 Å². The van der Waals surface area contributed by atoms with Crippen LogP contribution in [0.5, 0.6) is 5.75 Å². The fraction of sp³-hybridized carbons (Fsp3) is 0.400. The maximum Gasteiger partial charge on any atom is 0.516 e. The van der Waals surface area contributed by atoms with E-state index in [2.05, 4.69) is 33.8 Å². The first-order chi connectivity index (χ1) is 14.2. The predicted molar refractivity (Wildman–Crippen MR) is 108 cm³/mol. The van der Waals surface area contributed by atoms with Crippen molar-refractivity contribution < 1.29 is 19.0 Å². The zero-order valence-electron chi connectivity index (χ0n) is 16.4. The monoisotopic (exact) mass is 399 g/mol. The molecule has 2 aromatic rings. The summed E-state index contributed by atoms with van der Waals surface area (Å²) in [5.41, 5.74) is 0. The lowest BCUT2D eigenvalue weighted by Crippen LogP contribution is -2.38. The van der Waals surface area contributed by atoms with Crippen molar-refractivity contribution in [1.82, 2.24) is 15.0 Å². The van der Waals surface area contributed by atoms with Crippen molar-refractivity contribution in [3.63, 3.8) is 0 Å². The van der Waals surface area contributed by atoms with E-state index in [1.54, 1.807) is 24.3 Å². The molecule has 1 fully saturated rings. The summed E-state index contributed by atoms with van der Waals surface area (Å²) < 4.78 is 15.8. The Morgan fingerprint density at radius 2 is 2.03 bits per heavy atom. The number of nitrogens with one attached hydrogen (secondary N) is 1. The molecule has 9 heteroatoms. The molecule has 9 nitrogen and oxygen atoms in total. The van der Waals surface area contributed by atoms with Crippen LogP contribution in [-0.4, -0.2) is 53.6 Å². The first-order valence-electron chi connectivity index (χ1n) is 9.58. The number of morpholine rings is 1. The summed E-state index contributed by atoms with van der Waals surface area (Å²) in [7, 11) is 0. The van der Waals surface area contributed by atoms with Gasteiger partial charge in [0.1, 0.15) is 11.6 Å². The second kappa shape index (κ2) is 10.4. The van der Waals surface area contributed by atoms with E-state index >= 15 is 0 Å². The lowest BCUT2D eigenvalue weighted by molar-refractivity contribution is 0.0849. The fourth-order valence-electron chi connectivity index (χ4n) is 2.69. The topological polar surface area (TPSA) is 98.7 Å². The number of para-hydroxylation sites is 1. The average Bonchev–Trinajstić information content (AvgIpc) is 2.74. The van der Waals surface area contributed by atoms with Gasteiger partial charge >= 0.3 is 6.16 Å². The SMILES string of the molecule is C=CC(Nc1nc(CCC)nc(N2CCOCC2)n1)OC(=O)Oc1ccccc1. The first-order valence-corrected chi connectivity index (χ1v) is 9.58. The molecule has 0 bridgehead atoms. The highest BCUT2D eigenvalue weighted by Crippen LogP contribution is 2.15. The molecule has 0 saturated carbocycles. The van der Waals surface area contributed by atoms with Crippen LogP contribution in [0, 0.1) is 0 Å². The predicted octanol–water partition coefficient (Wildman–Crippen LogP) is 2.80.